The highest BCUT2D eigenvalue weighted by Gasteiger charge is 2.15. The van der Waals surface area contributed by atoms with Crippen LogP contribution < -0.4 is 0 Å². The second-order valence-corrected chi connectivity index (χ2v) is 2.18. The Balaban J connectivity index is 3.83. The summed E-state index contributed by atoms with van der Waals surface area (Å²) in [6.45, 7) is 2.95. The number of carbonyl (C=O) groups is 2. The fourth-order valence-electron chi connectivity index (χ4n) is 0.490. The van der Waals surface area contributed by atoms with Gasteiger partial charge in [0.05, 0.1) is 0 Å². The van der Waals surface area contributed by atoms with E-state index in [0.29, 0.717) is 6.42 Å². The van der Waals surface area contributed by atoms with Crippen LogP contribution in [0.25, 0.3) is 0 Å². The summed E-state index contributed by atoms with van der Waals surface area (Å²) in [4.78, 5) is 20.7. The van der Waals surface area contributed by atoms with Crippen molar-refractivity contribution in [3.05, 3.63) is 0 Å². The third-order valence-corrected chi connectivity index (χ3v) is 1.18. The molecule has 0 unspecified atom stereocenters. The lowest BCUT2D eigenvalue weighted by molar-refractivity contribution is -0.150. The first-order valence-electron chi connectivity index (χ1n) is 2.94. The normalized spacial score (nSPS) is 12.3. The highest BCUT2D eigenvalue weighted by atomic mass is 35.5. The SMILES string of the molecule is CC[C@@H](OC(C)=O)C(=O)Cl. The van der Waals surface area contributed by atoms with E-state index in [1.807, 2.05) is 0 Å². The summed E-state index contributed by atoms with van der Waals surface area (Å²) < 4.78 is 4.54. The molecule has 4 heteroatoms. The van der Waals surface area contributed by atoms with Gasteiger partial charge in [-0.15, -0.1) is 0 Å². The number of hydrogen-bond donors (Lipinski definition) is 0. The Morgan fingerprint density at radius 2 is 2.10 bits per heavy atom. The first kappa shape index (κ1) is 9.43. The number of hydrogen-bond acceptors (Lipinski definition) is 3. The van der Waals surface area contributed by atoms with Crippen LogP contribution in [0.5, 0.6) is 0 Å². The molecule has 0 spiro atoms. The van der Waals surface area contributed by atoms with Crippen LogP contribution in [0.3, 0.4) is 0 Å². The van der Waals surface area contributed by atoms with Crippen LogP contribution >= 0.6 is 11.6 Å². The van der Waals surface area contributed by atoms with Gasteiger partial charge >= 0.3 is 5.97 Å². The highest BCUT2D eigenvalue weighted by Crippen LogP contribution is 2.02. The predicted molar refractivity (Wildman–Crippen MR) is 36.7 cm³/mol. The Kier molecular flexibility index (Phi) is 4.03. The van der Waals surface area contributed by atoms with Crippen LogP contribution in [0.1, 0.15) is 20.3 Å². The molecule has 1 atom stereocenters. The van der Waals surface area contributed by atoms with Gasteiger partial charge in [0, 0.05) is 6.92 Å². The first-order chi connectivity index (χ1) is 4.57. The number of rotatable bonds is 3. The van der Waals surface area contributed by atoms with E-state index in [1.54, 1.807) is 6.92 Å². The summed E-state index contributed by atoms with van der Waals surface area (Å²) in [7, 11) is 0. The summed E-state index contributed by atoms with van der Waals surface area (Å²) in [6, 6.07) is 0. The minimum atomic E-state index is -0.779. The third-order valence-electron chi connectivity index (χ3n) is 0.932. The van der Waals surface area contributed by atoms with Crippen molar-refractivity contribution in [2.75, 3.05) is 0 Å². The molecule has 3 nitrogen and oxygen atoms in total. The molecule has 0 saturated carbocycles. The van der Waals surface area contributed by atoms with Crippen molar-refractivity contribution < 1.29 is 14.3 Å². The number of halogens is 1. The van der Waals surface area contributed by atoms with Crippen molar-refractivity contribution in [2.45, 2.75) is 26.4 Å². The lowest BCUT2D eigenvalue weighted by Gasteiger charge is -2.08. The molecule has 0 radical (unpaired) electrons. The number of ether oxygens (including phenoxy) is 1. The third kappa shape index (κ3) is 3.45. The maximum Gasteiger partial charge on any atom is 0.303 e. The Labute approximate surface area is 64.3 Å². The molecule has 0 aromatic carbocycles. The summed E-state index contributed by atoms with van der Waals surface area (Å²) in [5.74, 6) is -0.485. The van der Waals surface area contributed by atoms with Gasteiger partial charge in [0.1, 0.15) is 0 Å². The Morgan fingerprint density at radius 3 is 2.20 bits per heavy atom. The summed E-state index contributed by atoms with van der Waals surface area (Å²) in [6.07, 6.45) is -0.360. The van der Waals surface area contributed by atoms with Gasteiger partial charge in [-0.2, -0.15) is 0 Å². The molecule has 0 rings (SSSR count). The quantitative estimate of drug-likeness (QED) is 0.463. The van der Waals surface area contributed by atoms with Gasteiger partial charge in [0.15, 0.2) is 6.10 Å². The molecular formula is C6H9ClO3. The van der Waals surface area contributed by atoms with Crippen molar-refractivity contribution in [1.82, 2.24) is 0 Å². The molecule has 0 aliphatic carbocycles. The van der Waals surface area contributed by atoms with Gasteiger partial charge in [-0.1, -0.05) is 6.92 Å². The molecule has 0 aromatic rings. The molecule has 0 fully saturated rings. The average Bonchev–Trinajstić information content (AvgIpc) is 1.81. The molecule has 0 amide bonds. The van der Waals surface area contributed by atoms with Gasteiger partial charge in [0.25, 0.3) is 5.24 Å². The monoisotopic (exact) mass is 164 g/mol. The van der Waals surface area contributed by atoms with E-state index in [1.165, 1.54) is 6.92 Å². The molecule has 0 N–H and O–H groups in total. The van der Waals surface area contributed by atoms with E-state index in [9.17, 15) is 9.59 Å². The second kappa shape index (κ2) is 4.28. The van der Waals surface area contributed by atoms with Crippen LogP contribution in [-0.2, 0) is 14.3 Å². The second-order valence-electron chi connectivity index (χ2n) is 1.81. The topological polar surface area (TPSA) is 43.4 Å². The smallest absolute Gasteiger partial charge is 0.303 e. The van der Waals surface area contributed by atoms with Crippen molar-refractivity contribution in [1.29, 1.82) is 0 Å². The number of esters is 1. The molecule has 58 valence electrons. The van der Waals surface area contributed by atoms with E-state index < -0.39 is 17.3 Å². The Bertz CT molecular complexity index is 144. The molecule has 0 heterocycles. The average molecular weight is 165 g/mol. The van der Waals surface area contributed by atoms with E-state index in [2.05, 4.69) is 4.74 Å². The Hall–Kier alpha value is -0.570. The lowest BCUT2D eigenvalue weighted by atomic mass is 10.3. The van der Waals surface area contributed by atoms with Gasteiger partial charge < -0.3 is 4.74 Å². The molecule has 0 aliphatic rings. The van der Waals surface area contributed by atoms with Crippen LogP contribution in [0, 0.1) is 0 Å². The molecule has 0 aromatic heterocycles. The van der Waals surface area contributed by atoms with Crippen LogP contribution in [0.4, 0.5) is 0 Å². The zero-order chi connectivity index (χ0) is 8.15. The zero-order valence-corrected chi connectivity index (χ0v) is 6.64. The first-order valence-corrected chi connectivity index (χ1v) is 3.32. The van der Waals surface area contributed by atoms with Crippen LogP contribution in [-0.4, -0.2) is 17.3 Å². The summed E-state index contributed by atoms with van der Waals surface area (Å²) in [5.41, 5.74) is 0. The zero-order valence-electron chi connectivity index (χ0n) is 5.89. The van der Waals surface area contributed by atoms with Crippen LogP contribution in [0.15, 0.2) is 0 Å². The molecule has 0 aliphatic heterocycles. The minimum absolute atomic E-state index is 0.419. The van der Waals surface area contributed by atoms with Gasteiger partial charge in [-0.25, -0.2) is 0 Å². The minimum Gasteiger partial charge on any atom is -0.453 e. The highest BCUT2D eigenvalue weighted by molar-refractivity contribution is 6.64. The predicted octanol–water partition coefficient (Wildman–Crippen LogP) is 1.09. The van der Waals surface area contributed by atoms with E-state index in [0.717, 1.165) is 0 Å². The van der Waals surface area contributed by atoms with E-state index in [4.69, 9.17) is 11.6 Å². The van der Waals surface area contributed by atoms with Crippen LogP contribution in [0.2, 0.25) is 0 Å². The van der Waals surface area contributed by atoms with Gasteiger partial charge in [-0.05, 0) is 18.0 Å². The molecular weight excluding hydrogens is 156 g/mol. The maximum atomic E-state index is 10.4. The van der Waals surface area contributed by atoms with E-state index in [-0.39, 0.29) is 0 Å². The molecule has 10 heavy (non-hydrogen) atoms. The van der Waals surface area contributed by atoms with E-state index >= 15 is 0 Å². The summed E-state index contributed by atoms with van der Waals surface area (Å²) >= 11 is 5.07. The van der Waals surface area contributed by atoms with Gasteiger partial charge in [0.2, 0.25) is 0 Å². The Morgan fingerprint density at radius 1 is 1.60 bits per heavy atom. The lowest BCUT2D eigenvalue weighted by Crippen LogP contribution is -2.21. The fourth-order valence-corrected chi connectivity index (χ4v) is 0.689. The fraction of sp³-hybridized carbons (Fsp3) is 0.667. The van der Waals surface area contributed by atoms with Gasteiger partial charge in [-0.3, -0.25) is 9.59 Å². The number of carbonyl (C=O) groups excluding carboxylic acids is 2. The van der Waals surface area contributed by atoms with Crippen molar-refractivity contribution in [3.8, 4) is 0 Å². The maximum absolute atomic E-state index is 10.4. The summed E-state index contributed by atoms with van der Waals surface area (Å²) in [5, 5.41) is -0.627. The molecule has 0 saturated heterocycles. The van der Waals surface area contributed by atoms with Crippen molar-refractivity contribution in [2.24, 2.45) is 0 Å². The molecule has 0 bridgehead atoms. The standard InChI is InChI=1S/C6H9ClO3/c1-3-5(6(7)9)10-4(2)8/h5H,3H2,1-2H3/t5-/m1/s1. The van der Waals surface area contributed by atoms with Crippen molar-refractivity contribution >= 4 is 22.8 Å². The van der Waals surface area contributed by atoms with Crippen molar-refractivity contribution in [3.63, 3.8) is 0 Å². The largest absolute Gasteiger partial charge is 0.453 e.